The van der Waals surface area contributed by atoms with Crippen molar-refractivity contribution in [2.45, 2.75) is 0 Å². The van der Waals surface area contributed by atoms with Crippen molar-refractivity contribution in [1.82, 2.24) is 4.57 Å². The number of hydrogen-bond acceptors (Lipinski definition) is 2. The predicted molar refractivity (Wildman–Crippen MR) is 282 cm³/mol. The van der Waals surface area contributed by atoms with Crippen LogP contribution in [0, 0.1) is 0 Å². The van der Waals surface area contributed by atoms with Gasteiger partial charge in [0, 0.05) is 49.9 Å². The van der Waals surface area contributed by atoms with E-state index in [2.05, 4.69) is 252 Å². The van der Waals surface area contributed by atoms with E-state index in [0.29, 0.717) is 0 Å². The fraction of sp³-hybridized carbons (Fsp3) is 0. The average Bonchev–Trinajstić information content (AvgIpc) is 3.96. The van der Waals surface area contributed by atoms with Crippen molar-refractivity contribution in [1.29, 1.82) is 0 Å². The van der Waals surface area contributed by atoms with Crippen LogP contribution in [0.2, 0.25) is 0 Å². The highest BCUT2D eigenvalue weighted by atomic mass is 16.3. The van der Waals surface area contributed by atoms with Gasteiger partial charge >= 0.3 is 0 Å². The van der Waals surface area contributed by atoms with E-state index >= 15 is 0 Å². The first-order valence-electron chi connectivity index (χ1n) is 22.9. The summed E-state index contributed by atoms with van der Waals surface area (Å²) in [4.78, 5) is 2.37. The van der Waals surface area contributed by atoms with Gasteiger partial charge in [0.1, 0.15) is 11.2 Å². The topological polar surface area (TPSA) is 21.3 Å². The maximum absolute atomic E-state index is 6.47. The second-order valence-corrected chi connectivity index (χ2v) is 17.3. The highest BCUT2D eigenvalue weighted by Gasteiger charge is 2.19. The van der Waals surface area contributed by atoms with Crippen molar-refractivity contribution in [3.63, 3.8) is 0 Å². The number of benzene rings is 11. The molecule has 0 saturated carbocycles. The number of rotatable bonds is 8. The average molecular weight is 855 g/mol. The Morgan fingerprint density at radius 3 is 1.54 bits per heavy atom. The lowest BCUT2D eigenvalue weighted by atomic mass is 9.96. The van der Waals surface area contributed by atoms with Crippen molar-refractivity contribution in [3.8, 4) is 50.2 Å². The van der Waals surface area contributed by atoms with Crippen LogP contribution in [0.1, 0.15) is 0 Å². The minimum Gasteiger partial charge on any atom is -0.455 e. The Balaban J connectivity index is 0.934. The highest BCUT2D eigenvalue weighted by Crippen LogP contribution is 2.42. The molecule has 314 valence electrons. The lowest BCUT2D eigenvalue weighted by Crippen LogP contribution is -2.10. The number of furan rings is 1. The first-order valence-corrected chi connectivity index (χ1v) is 22.9. The van der Waals surface area contributed by atoms with Crippen LogP contribution >= 0.6 is 0 Å². The molecule has 3 nitrogen and oxygen atoms in total. The molecule has 0 aliphatic carbocycles. The summed E-state index contributed by atoms with van der Waals surface area (Å²) < 4.78 is 8.89. The molecule has 13 rings (SSSR count). The first kappa shape index (κ1) is 38.5. The van der Waals surface area contributed by atoms with Crippen LogP contribution in [0.15, 0.2) is 259 Å². The fourth-order valence-corrected chi connectivity index (χ4v) is 10.2. The first-order chi connectivity index (χ1) is 33.2. The van der Waals surface area contributed by atoms with E-state index in [-0.39, 0.29) is 0 Å². The lowest BCUT2D eigenvalue weighted by molar-refractivity contribution is 0.670. The molecule has 0 fully saturated rings. The lowest BCUT2D eigenvalue weighted by Gasteiger charge is -2.26. The summed E-state index contributed by atoms with van der Waals surface area (Å²) >= 11 is 0. The van der Waals surface area contributed by atoms with Gasteiger partial charge < -0.3 is 13.9 Å². The summed E-state index contributed by atoms with van der Waals surface area (Å²) in [6.07, 6.45) is 0. The third-order valence-electron chi connectivity index (χ3n) is 13.4. The molecule has 11 aromatic carbocycles. The van der Waals surface area contributed by atoms with E-state index in [9.17, 15) is 0 Å². The Labute approximate surface area is 388 Å². The van der Waals surface area contributed by atoms with Crippen LogP contribution in [0.4, 0.5) is 17.1 Å². The van der Waals surface area contributed by atoms with E-state index in [1.165, 1.54) is 54.8 Å². The van der Waals surface area contributed by atoms with Crippen LogP contribution in [0.3, 0.4) is 0 Å². The largest absolute Gasteiger partial charge is 0.455 e. The Morgan fingerprint density at radius 2 is 0.821 bits per heavy atom. The molecule has 0 saturated heterocycles. The van der Waals surface area contributed by atoms with Crippen LogP contribution < -0.4 is 4.90 Å². The Hall–Kier alpha value is -8.92. The van der Waals surface area contributed by atoms with Crippen molar-refractivity contribution in [3.05, 3.63) is 255 Å². The summed E-state index contributed by atoms with van der Waals surface area (Å²) in [6.45, 7) is 0. The zero-order valence-electron chi connectivity index (χ0n) is 36.6. The Bertz CT molecular complexity index is 3920. The van der Waals surface area contributed by atoms with Gasteiger partial charge in [0.05, 0.1) is 11.0 Å². The molecule has 0 spiro atoms. The van der Waals surface area contributed by atoms with Crippen molar-refractivity contribution in [2.75, 3.05) is 4.90 Å². The number of anilines is 3. The van der Waals surface area contributed by atoms with Gasteiger partial charge in [0.25, 0.3) is 0 Å². The summed E-state index contributed by atoms with van der Waals surface area (Å²) in [6, 6.07) is 91.9. The number of para-hydroxylation sites is 4. The van der Waals surface area contributed by atoms with Gasteiger partial charge in [-0.15, -0.1) is 0 Å². The number of hydrogen-bond donors (Lipinski definition) is 0. The van der Waals surface area contributed by atoms with E-state index in [4.69, 9.17) is 4.42 Å². The van der Waals surface area contributed by atoms with E-state index < -0.39 is 0 Å². The van der Waals surface area contributed by atoms with Crippen LogP contribution in [0.25, 0.3) is 105 Å². The summed E-state index contributed by atoms with van der Waals surface area (Å²) in [7, 11) is 0. The zero-order valence-corrected chi connectivity index (χ0v) is 36.6. The zero-order chi connectivity index (χ0) is 44.3. The van der Waals surface area contributed by atoms with Crippen LogP contribution in [0.5, 0.6) is 0 Å². The monoisotopic (exact) mass is 854 g/mol. The standard InChI is InChI=1S/C64H42N2O/c1-2-15-43(16-3-1)46-18-12-19-47(39-46)48-20-13-21-52(40-48)65(50-35-31-44(32-36-50)55-26-14-27-59-58-25-8-11-30-63(58)67-64(55)59)51-37-33-45(34-38-51)60-42-53(41-49-17-4-5-22-54(49)60)66-61-28-9-6-23-56(61)57-24-7-10-29-62(57)66/h1-42H. The van der Waals surface area contributed by atoms with Gasteiger partial charge in [-0.25, -0.2) is 0 Å². The minimum atomic E-state index is 0.900. The van der Waals surface area contributed by atoms with E-state index in [1.807, 2.05) is 12.1 Å². The van der Waals surface area contributed by atoms with Crippen molar-refractivity contribution in [2.24, 2.45) is 0 Å². The molecule has 0 unspecified atom stereocenters. The van der Waals surface area contributed by atoms with E-state index in [0.717, 1.165) is 66.9 Å². The van der Waals surface area contributed by atoms with Gasteiger partial charge in [0.2, 0.25) is 0 Å². The molecule has 0 aliphatic rings. The van der Waals surface area contributed by atoms with Crippen molar-refractivity contribution >= 4 is 71.6 Å². The molecule has 3 heteroatoms. The van der Waals surface area contributed by atoms with Crippen LogP contribution in [-0.2, 0) is 0 Å². The molecule has 0 N–H and O–H groups in total. The number of nitrogens with zero attached hydrogens (tertiary/aromatic N) is 2. The Kier molecular flexibility index (Phi) is 9.17. The van der Waals surface area contributed by atoms with Crippen LogP contribution in [-0.4, -0.2) is 4.57 Å². The normalized spacial score (nSPS) is 11.6. The Morgan fingerprint density at radius 1 is 0.299 bits per heavy atom. The molecule has 0 aliphatic heterocycles. The summed E-state index contributed by atoms with van der Waals surface area (Å²) in [5, 5.41) is 7.19. The van der Waals surface area contributed by atoms with Gasteiger partial charge in [-0.05, 0) is 123 Å². The quantitative estimate of drug-likeness (QED) is 0.152. The molecule has 2 aromatic heterocycles. The number of aromatic nitrogens is 1. The molecule has 0 radical (unpaired) electrons. The second kappa shape index (κ2) is 16.0. The highest BCUT2D eigenvalue weighted by molar-refractivity contribution is 6.11. The minimum absolute atomic E-state index is 0.900. The van der Waals surface area contributed by atoms with Gasteiger partial charge in [0.15, 0.2) is 0 Å². The van der Waals surface area contributed by atoms with E-state index in [1.54, 1.807) is 0 Å². The number of fused-ring (bicyclic) bond motifs is 7. The third-order valence-corrected chi connectivity index (χ3v) is 13.4. The molecule has 2 heterocycles. The molecule has 67 heavy (non-hydrogen) atoms. The maximum atomic E-state index is 6.47. The maximum Gasteiger partial charge on any atom is 0.143 e. The second-order valence-electron chi connectivity index (χ2n) is 17.3. The molecular weight excluding hydrogens is 813 g/mol. The smallest absolute Gasteiger partial charge is 0.143 e. The van der Waals surface area contributed by atoms with Gasteiger partial charge in [-0.3, -0.25) is 0 Å². The van der Waals surface area contributed by atoms with Crippen molar-refractivity contribution < 1.29 is 4.42 Å². The molecule has 0 bridgehead atoms. The predicted octanol–water partition coefficient (Wildman–Crippen LogP) is 18.0. The third kappa shape index (κ3) is 6.67. The molecular formula is C64H42N2O. The molecule has 13 aromatic rings. The SMILES string of the molecule is c1ccc(-c2cccc(-c3cccc(N(c4ccc(-c5cc(-n6c7ccccc7c7ccccc76)cc6ccccc56)cc4)c4ccc(-c5cccc6c5oc5ccccc56)cc4)c3)c2)cc1. The summed E-state index contributed by atoms with van der Waals surface area (Å²) in [5.41, 5.74) is 17.8. The van der Waals surface area contributed by atoms with Gasteiger partial charge in [-0.1, -0.05) is 182 Å². The summed E-state index contributed by atoms with van der Waals surface area (Å²) in [5.74, 6) is 0. The fourth-order valence-electron chi connectivity index (χ4n) is 10.2. The molecule has 0 atom stereocenters. The van der Waals surface area contributed by atoms with Gasteiger partial charge in [-0.2, -0.15) is 0 Å². The molecule has 0 amide bonds.